The van der Waals surface area contributed by atoms with Crippen LogP contribution in [0.25, 0.3) is 20.7 Å². The third-order valence-corrected chi connectivity index (χ3v) is 6.99. The fourth-order valence-electron chi connectivity index (χ4n) is 3.12. The molecule has 2 N–H and O–H groups in total. The molecule has 2 amide bonds. The van der Waals surface area contributed by atoms with Crippen LogP contribution in [0, 0.1) is 5.82 Å². The van der Waals surface area contributed by atoms with Gasteiger partial charge < -0.3 is 10.6 Å². The molecule has 2 heterocycles. The highest BCUT2D eigenvalue weighted by atomic mass is 32.2. The second-order valence-electron chi connectivity index (χ2n) is 6.82. The molecule has 1 atom stereocenters. The number of likely N-dealkylation sites (N-methyl/N-ethyl adjacent to an activating group) is 1. The van der Waals surface area contributed by atoms with Crippen LogP contribution in [0.1, 0.15) is 11.6 Å². The number of aromatic nitrogens is 2. The molecule has 2 aromatic heterocycles. The Morgan fingerprint density at radius 3 is 2.56 bits per heavy atom. The fourth-order valence-corrected chi connectivity index (χ4v) is 5.13. The summed E-state index contributed by atoms with van der Waals surface area (Å²) in [5, 5.41) is 6.06. The maximum atomic E-state index is 13.2. The van der Waals surface area contributed by atoms with Crippen molar-refractivity contribution in [3.05, 3.63) is 78.4 Å². The van der Waals surface area contributed by atoms with E-state index >= 15 is 0 Å². The standard InChI is InChI=1S/C23H19FN4O2S2/c1-25-22(30)20(15-5-3-2-4-6-15)28-19(29)12-31-23-21-17(26-13-27-23)11-18(32-21)14-7-9-16(24)10-8-14/h2-11,13,20H,12H2,1H3,(H,25,30)(H,28,29). The summed E-state index contributed by atoms with van der Waals surface area (Å²) in [5.74, 6) is -0.769. The van der Waals surface area contributed by atoms with Gasteiger partial charge in [0.15, 0.2) is 0 Å². The van der Waals surface area contributed by atoms with Crippen LogP contribution in [0.4, 0.5) is 4.39 Å². The molecule has 9 heteroatoms. The number of thioether (sulfide) groups is 1. The first-order valence-electron chi connectivity index (χ1n) is 9.74. The SMILES string of the molecule is CNC(=O)C(NC(=O)CSc1ncnc2cc(-c3ccc(F)cc3)sc12)c1ccccc1. The molecule has 6 nitrogen and oxygen atoms in total. The number of fused-ring (bicyclic) bond motifs is 1. The van der Waals surface area contributed by atoms with Crippen molar-refractivity contribution in [3.8, 4) is 10.4 Å². The zero-order valence-corrected chi connectivity index (χ0v) is 18.7. The van der Waals surface area contributed by atoms with E-state index in [9.17, 15) is 14.0 Å². The van der Waals surface area contributed by atoms with E-state index < -0.39 is 6.04 Å². The Labute approximate surface area is 192 Å². The molecular weight excluding hydrogens is 447 g/mol. The van der Waals surface area contributed by atoms with Gasteiger partial charge in [-0.2, -0.15) is 0 Å². The third kappa shape index (κ3) is 4.95. The fraction of sp³-hybridized carbons (Fsp3) is 0.130. The Kier molecular flexibility index (Phi) is 6.77. The zero-order chi connectivity index (χ0) is 22.5. The van der Waals surface area contributed by atoms with Crippen LogP contribution in [0.5, 0.6) is 0 Å². The average Bonchev–Trinajstić information content (AvgIpc) is 3.26. The number of halogens is 1. The third-order valence-electron chi connectivity index (χ3n) is 4.69. The van der Waals surface area contributed by atoms with Crippen LogP contribution in [0.2, 0.25) is 0 Å². The summed E-state index contributed by atoms with van der Waals surface area (Å²) >= 11 is 2.77. The lowest BCUT2D eigenvalue weighted by atomic mass is 10.1. The Bertz CT molecular complexity index is 1250. The number of carbonyl (C=O) groups excluding carboxylic acids is 2. The number of rotatable bonds is 7. The lowest BCUT2D eigenvalue weighted by molar-refractivity contribution is -0.127. The minimum Gasteiger partial charge on any atom is -0.357 e. The largest absolute Gasteiger partial charge is 0.357 e. The maximum absolute atomic E-state index is 13.2. The van der Waals surface area contributed by atoms with Gasteiger partial charge in [-0.1, -0.05) is 54.2 Å². The molecule has 0 aliphatic carbocycles. The van der Waals surface area contributed by atoms with Crippen molar-refractivity contribution in [2.24, 2.45) is 0 Å². The summed E-state index contributed by atoms with van der Waals surface area (Å²) in [7, 11) is 1.53. The van der Waals surface area contributed by atoms with Crippen molar-refractivity contribution in [2.45, 2.75) is 11.1 Å². The summed E-state index contributed by atoms with van der Waals surface area (Å²) in [4.78, 5) is 34.5. The molecule has 0 saturated carbocycles. The molecule has 0 bridgehead atoms. The average molecular weight is 467 g/mol. The summed E-state index contributed by atoms with van der Waals surface area (Å²) in [6.07, 6.45) is 1.46. The number of amides is 2. The van der Waals surface area contributed by atoms with Crippen molar-refractivity contribution in [1.82, 2.24) is 20.6 Å². The highest BCUT2D eigenvalue weighted by Crippen LogP contribution is 2.36. The van der Waals surface area contributed by atoms with E-state index in [0.29, 0.717) is 10.6 Å². The second kappa shape index (κ2) is 9.88. The normalized spacial score (nSPS) is 11.8. The molecule has 0 fully saturated rings. The van der Waals surface area contributed by atoms with Crippen molar-refractivity contribution in [1.29, 1.82) is 0 Å². The molecule has 2 aromatic carbocycles. The molecule has 0 aliphatic rings. The van der Waals surface area contributed by atoms with Crippen molar-refractivity contribution in [2.75, 3.05) is 12.8 Å². The van der Waals surface area contributed by atoms with Crippen molar-refractivity contribution < 1.29 is 14.0 Å². The molecule has 0 spiro atoms. The molecular formula is C23H19FN4O2S2. The lowest BCUT2D eigenvalue weighted by Gasteiger charge is -2.17. The van der Waals surface area contributed by atoms with E-state index in [2.05, 4.69) is 20.6 Å². The van der Waals surface area contributed by atoms with Crippen LogP contribution >= 0.6 is 23.1 Å². The number of benzene rings is 2. The molecule has 0 radical (unpaired) electrons. The predicted molar refractivity (Wildman–Crippen MR) is 125 cm³/mol. The summed E-state index contributed by atoms with van der Waals surface area (Å²) in [5.41, 5.74) is 2.36. The first kappa shape index (κ1) is 21.9. The van der Waals surface area contributed by atoms with E-state index in [1.54, 1.807) is 24.3 Å². The van der Waals surface area contributed by atoms with E-state index in [4.69, 9.17) is 0 Å². The van der Waals surface area contributed by atoms with Gasteiger partial charge in [-0.15, -0.1) is 11.3 Å². The highest BCUT2D eigenvalue weighted by Gasteiger charge is 2.22. The monoisotopic (exact) mass is 466 g/mol. The minimum absolute atomic E-state index is 0.0935. The quantitative estimate of drug-likeness (QED) is 0.315. The van der Waals surface area contributed by atoms with Gasteiger partial charge in [-0.05, 0) is 29.3 Å². The van der Waals surface area contributed by atoms with Gasteiger partial charge in [0.2, 0.25) is 11.8 Å². The topological polar surface area (TPSA) is 84.0 Å². The lowest BCUT2D eigenvalue weighted by Crippen LogP contribution is -2.39. The number of hydrogen-bond acceptors (Lipinski definition) is 6. The zero-order valence-electron chi connectivity index (χ0n) is 17.0. The Balaban J connectivity index is 1.49. The molecule has 4 rings (SSSR count). The summed E-state index contributed by atoms with van der Waals surface area (Å²) in [6, 6.07) is 16.5. The molecule has 4 aromatic rings. The van der Waals surface area contributed by atoms with E-state index in [-0.39, 0.29) is 23.4 Å². The van der Waals surface area contributed by atoms with Crippen molar-refractivity contribution in [3.63, 3.8) is 0 Å². The highest BCUT2D eigenvalue weighted by molar-refractivity contribution is 8.00. The number of carbonyl (C=O) groups is 2. The molecule has 162 valence electrons. The van der Waals surface area contributed by atoms with Gasteiger partial charge in [0.05, 0.1) is 16.0 Å². The molecule has 0 saturated heterocycles. The van der Waals surface area contributed by atoms with Gasteiger partial charge >= 0.3 is 0 Å². The van der Waals surface area contributed by atoms with Gasteiger partial charge in [0.1, 0.15) is 23.2 Å². The van der Waals surface area contributed by atoms with Crippen LogP contribution < -0.4 is 10.6 Å². The van der Waals surface area contributed by atoms with Crippen molar-refractivity contribution >= 4 is 45.1 Å². The molecule has 1 unspecified atom stereocenters. The Morgan fingerprint density at radius 2 is 1.84 bits per heavy atom. The predicted octanol–water partition coefficient (Wildman–Crippen LogP) is 4.19. The van der Waals surface area contributed by atoms with E-state index in [1.807, 2.05) is 24.3 Å². The Morgan fingerprint density at radius 1 is 1.09 bits per heavy atom. The second-order valence-corrected chi connectivity index (χ2v) is 8.84. The van der Waals surface area contributed by atoms with E-state index in [1.165, 1.54) is 48.6 Å². The number of nitrogens with one attached hydrogen (secondary N) is 2. The Hall–Kier alpha value is -3.30. The van der Waals surface area contributed by atoms with Gasteiger partial charge in [-0.3, -0.25) is 9.59 Å². The number of thiophene rings is 1. The van der Waals surface area contributed by atoms with Gasteiger partial charge in [-0.25, -0.2) is 14.4 Å². The van der Waals surface area contributed by atoms with Crippen LogP contribution in [0.3, 0.4) is 0 Å². The summed E-state index contributed by atoms with van der Waals surface area (Å²) in [6.45, 7) is 0. The maximum Gasteiger partial charge on any atom is 0.246 e. The van der Waals surface area contributed by atoms with Crippen LogP contribution in [0.15, 0.2) is 72.0 Å². The first-order chi connectivity index (χ1) is 15.5. The van der Waals surface area contributed by atoms with Crippen LogP contribution in [-0.2, 0) is 9.59 Å². The minimum atomic E-state index is -0.772. The number of hydrogen-bond donors (Lipinski definition) is 2. The van der Waals surface area contributed by atoms with Crippen LogP contribution in [-0.4, -0.2) is 34.6 Å². The number of nitrogens with zero attached hydrogens (tertiary/aromatic N) is 2. The van der Waals surface area contributed by atoms with Gasteiger partial charge in [0, 0.05) is 11.9 Å². The summed E-state index contributed by atoms with van der Waals surface area (Å²) < 4.78 is 14.1. The molecule has 32 heavy (non-hydrogen) atoms. The smallest absolute Gasteiger partial charge is 0.246 e. The van der Waals surface area contributed by atoms with E-state index in [0.717, 1.165) is 20.7 Å². The molecule has 0 aliphatic heterocycles. The first-order valence-corrected chi connectivity index (χ1v) is 11.5. The van der Waals surface area contributed by atoms with Gasteiger partial charge in [0.25, 0.3) is 0 Å².